The molecule has 0 saturated carbocycles. The number of carboxylic acid groups (broad SMARTS) is 1. The number of carbonyl (C=O) groups is 1. The van der Waals surface area contributed by atoms with Gasteiger partial charge in [0.05, 0.1) is 5.75 Å². The van der Waals surface area contributed by atoms with Crippen molar-refractivity contribution in [3.63, 3.8) is 0 Å². The second kappa shape index (κ2) is 5.20. The summed E-state index contributed by atoms with van der Waals surface area (Å²) in [6, 6.07) is 6.65. The zero-order valence-electron chi connectivity index (χ0n) is 9.00. The van der Waals surface area contributed by atoms with Crippen LogP contribution in [0.2, 0.25) is 0 Å². The topological polar surface area (TPSA) is 89.4 Å². The van der Waals surface area contributed by atoms with E-state index in [-0.39, 0.29) is 0 Å². The molecule has 17 heavy (non-hydrogen) atoms. The lowest BCUT2D eigenvalue weighted by atomic mass is 10.3. The Labute approximate surface area is 102 Å². The minimum Gasteiger partial charge on any atom is -0.480 e. The van der Waals surface area contributed by atoms with Crippen molar-refractivity contribution in [3.05, 3.63) is 30.2 Å². The van der Waals surface area contributed by atoms with E-state index in [0.717, 1.165) is 11.1 Å². The number of fused-ring (bicyclic) bond motifs is 1. The number of aromatic nitrogens is 1. The Kier molecular flexibility index (Phi) is 3.65. The van der Waals surface area contributed by atoms with E-state index in [2.05, 4.69) is 4.98 Å². The van der Waals surface area contributed by atoms with Gasteiger partial charge in [0.15, 0.2) is 5.58 Å². The molecule has 0 amide bonds. The predicted molar refractivity (Wildman–Crippen MR) is 65.8 cm³/mol. The van der Waals surface area contributed by atoms with Gasteiger partial charge in [-0.2, -0.15) is 0 Å². The number of oxazole rings is 1. The molecular weight excluding hydrogens is 240 g/mol. The zero-order valence-corrected chi connectivity index (χ0v) is 9.81. The number of carboxylic acids is 1. The van der Waals surface area contributed by atoms with E-state index in [4.69, 9.17) is 15.3 Å². The van der Waals surface area contributed by atoms with Crippen LogP contribution in [0.3, 0.4) is 0 Å². The first kappa shape index (κ1) is 11.9. The normalized spacial score (nSPS) is 12.8. The highest BCUT2D eigenvalue weighted by molar-refractivity contribution is 7.98. The summed E-state index contributed by atoms with van der Waals surface area (Å²) in [5, 5.41) is 8.62. The second-order valence-electron chi connectivity index (χ2n) is 3.54. The minimum atomic E-state index is -0.991. The molecule has 0 aliphatic carbocycles. The number of hydrogen-bond donors (Lipinski definition) is 2. The van der Waals surface area contributed by atoms with Crippen LogP contribution in [0.1, 0.15) is 5.89 Å². The molecule has 0 aliphatic heterocycles. The largest absolute Gasteiger partial charge is 0.480 e. The highest BCUT2D eigenvalue weighted by Crippen LogP contribution is 2.18. The van der Waals surface area contributed by atoms with Crippen LogP contribution in [-0.2, 0) is 10.5 Å². The van der Waals surface area contributed by atoms with Gasteiger partial charge in [0, 0.05) is 5.75 Å². The molecule has 90 valence electrons. The molecule has 0 aliphatic rings. The number of aliphatic carboxylic acids is 1. The zero-order chi connectivity index (χ0) is 12.3. The molecule has 1 heterocycles. The monoisotopic (exact) mass is 252 g/mol. The summed E-state index contributed by atoms with van der Waals surface area (Å²) in [5.41, 5.74) is 6.94. The number of hydrogen-bond acceptors (Lipinski definition) is 5. The Morgan fingerprint density at radius 3 is 3.00 bits per heavy atom. The fraction of sp³-hybridized carbons (Fsp3) is 0.273. The van der Waals surface area contributed by atoms with Gasteiger partial charge < -0.3 is 15.3 Å². The lowest BCUT2D eigenvalue weighted by Crippen LogP contribution is -2.32. The minimum absolute atomic E-state index is 0.341. The van der Waals surface area contributed by atoms with E-state index in [9.17, 15) is 4.79 Å². The van der Waals surface area contributed by atoms with E-state index in [1.807, 2.05) is 24.3 Å². The van der Waals surface area contributed by atoms with Crippen molar-refractivity contribution in [2.24, 2.45) is 5.73 Å². The summed E-state index contributed by atoms with van der Waals surface area (Å²) in [7, 11) is 0. The fourth-order valence-electron chi connectivity index (χ4n) is 1.33. The molecular formula is C11H12N2O3S. The van der Waals surface area contributed by atoms with Gasteiger partial charge in [-0.05, 0) is 12.1 Å². The van der Waals surface area contributed by atoms with Crippen LogP contribution in [0.25, 0.3) is 11.1 Å². The smallest absolute Gasteiger partial charge is 0.321 e. The molecule has 3 N–H and O–H groups in total. The molecule has 0 radical (unpaired) electrons. The van der Waals surface area contributed by atoms with Crippen molar-refractivity contribution in [3.8, 4) is 0 Å². The van der Waals surface area contributed by atoms with Crippen LogP contribution >= 0.6 is 11.8 Å². The Morgan fingerprint density at radius 2 is 2.29 bits per heavy atom. The molecule has 0 bridgehead atoms. The Morgan fingerprint density at radius 1 is 1.53 bits per heavy atom. The van der Waals surface area contributed by atoms with Gasteiger partial charge in [-0.3, -0.25) is 4.79 Å². The first-order valence-electron chi connectivity index (χ1n) is 5.07. The van der Waals surface area contributed by atoms with E-state index < -0.39 is 12.0 Å². The Balaban J connectivity index is 1.93. The van der Waals surface area contributed by atoms with Gasteiger partial charge >= 0.3 is 5.97 Å². The maximum absolute atomic E-state index is 10.5. The van der Waals surface area contributed by atoms with E-state index in [1.54, 1.807) is 0 Å². The van der Waals surface area contributed by atoms with Crippen LogP contribution < -0.4 is 5.73 Å². The van der Waals surface area contributed by atoms with E-state index in [1.165, 1.54) is 11.8 Å². The second-order valence-corrected chi connectivity index (χ2v) is 4.57. The average Bonchev–Trinajstić information content (AvgIpc) is 2.71. The molecule has 2 rings (SSSR count). The number of thioether (sulfide) groups is 1. The highest BCUT2D eigenvalue weighted by Gasteiger charge is 2.12. The summed E-state index contributed by atoms with van der Waals surface area (Å²) in [6.07, 6.45) is 0. The molecule has 0 saturated heterocycles. The first-order chi connectivity index (χ1) is 8.16. The quantitative estimate of drug-likeness (QED) is 0.837. The molecule has 2 aromatic rings. The number of rotatable bonds is 5. The average molecular weight is 252 g/mol. The van der Waals surface area contributed by atoms with Gasteiger partial charge in [-0.1, -0.05) is 12.1 Å². The summed E-state index contributed by atoms with van der Waals surface area (Å²) >= 11 is 1.40. The van der Waals surface area contributed by atoms with Crippen molar-refractivity contribution in [1.29, 1.82) is 0 Å². The van der Waals surface area contributed by atoms with Gasteiger partial charge in [0.25, 0.3) is 0 Å². The number of nitrogens with two attached hydrogens (primary N) is 1. The standard InChI is InChI=1S/C11H12N2O3S/c12-7(11(14)15)5-17-6-10-13-8-3-1-2-4-9(8)16-10/h1-4,7H,5-6,12H2,(H,14,15). The molecule has 0 fully saturated rings. The molecule has 0 spiro atoms. The third kappa shape index (κ3) is 2.98. The number of para-hydroxylation sites is 2. The maximum atomic E-state index is 10.5. The Bertz CT molecular complexity index is 493. The van der Waals surface area contributed by atoms with Gasteiger partial charge in [0.2, 0.25) is 5.89 Å². The first-order valence-corrected chi connectivity index (χ1v) is 6.23. The number of benzene rings is 1. The third-order valence-electron chi connectivity index (χ3n) is 2.18. The predicted octanol–water partition coefficient (Wildman–Crippen LogP) is 1.47. The molecule has 6 heteroatoms. The van der Waals surface area contributed by atoms with Crippen LogP contribution in [-0.4, -0.2) is 27.9 Å². The summed E-state index contributed by atoms with van der Waals surface area (Å²) in [4.78, 5) is 14.8. The molecule has 1 atom stereocenters. The molecule has 5 nitrogen and oxygen atoms in total. The molecule has 1 aromatic heterocycles. The van der Waals surface area contributed by atoms with Crippen molar-refractivity contribution < 1.29 is 14.3 Å². The van der Waals surface area contributed by atoms with Crippen LogP contribution in [0.15, 0.2) is 28.7 Å². The van der Waals surface area contributed by atoms with Gasteiger partial charge in [-0.15, -0.1) is 11.8 Å². The number of nitrogens with zero attached hydrogens (tertiary/aromatic N) is 1. The Hall–Kier alpha value is -1.53. The van der Waals surface area contributed by atoms with Crippen LogP contribution in [0.4, 0.5) is 0 Å². The molecule has 1 aromatic carbocycles. The van der Waals surface area contributed by atoms with Crippen molar-refractivity contribution in [2.45, 2.75) is 11.8 Å². The lowest BCUT2D eigenvalue weighted by molar-refractivity contribution is -0.137. The highest BCUT2D eigenvalue weighted by atomic mass is 32.2. The third-order valence-corrected chi connectivity index (χ3v) is 3.22. The van der Waals surface area contributed by atoms with Crippen molar-refractivity contribution in [1.82, 2.24) is 4.98 Å². The SMILES string of the molecule is NC(CSCc1nc2ccccc2o1)C(=O)O. The maximum Gasteiger partial charge on any atom is 0.321 e. The van der Waals surface area contributed by atoms with Gasteiger partial charge in [0.1, 0.15) is 11.6 Å². The summed E-state index contributed by atoms with van der Waals surface area (Å²) in [5.74, 6) is 0.466. The lowest BCUT2D eigenvalue weighted by Gasteiger charge is -2.03. The van der Waals surface area contributed by atoms with Crippen molar-refractivity contribution >= 4 is 28.8 Å². The summed E-state index contributed by atoms with van der Waals surface area (Å²) < 4.78 is 5.49. The fourth-order valence-corrected chi connectivity index (χ4v) is 2.14. The van der Waals surface area contributed by atoms with Crippen molar-refractivity contribution in [2.75, 3.05) is 5.75 Å². The van der Waals surface area contributed by atoms with E-state index >= 15 is 0 Å². The summed E-state index contributed by atoms with van der Waals surface area (Å²) in [6.45, 7) is 0. The van der Waals surface area contributed by atoms with Crippen LogP contribution in [0, 0.1) is 0 Å². The van der Waals surface area contributed by atoms with Gasteiger partial charge in [-0.25, -0.2) is 4.98 Å². The van der Waals surface area contributed by atoms with Crippen LogP contribution in [0.5, 0.6) is 0 Å². The van der Waals surface area contributed by atoms with E-state index in [0.29, 0.717) is 17.4 Å². The molecule has 1 unspecified atom stereocenters.